The standard InChI is InChI=1S/C13H19NOS/c1-3-5-10-6-8-11(9-7-10)15-12(4-2)13(14)16/h6-9,12H,3-5H2,1-2H3,(H2,14,16). The molecule has 0 radical (unpaired) electrons. The highest BCUT2D eigenvalue weighted by molar-refractivity contribution is 7.80. The van der Waals surface area contributed by atoms with Crippen molar-refractivity contribution in [3.05, 3.63) is 29.8 Å². The van der Waals surface area contributed by atoms with Crippen LogP contribution in [-0.4, -0.2) is 11.1 Å². The minimum Gasteiger partial charge on any atom is -0.483 e. The molecule has 0 spiro atoms. The maximum atomic E-state index is 5.69. The van der Waals surface area contributed by atoms with Crippen LogP contribution < -0.4 is 10.5 Å². The van der Waals surface area contributed by atoms with E-state index in [1.54, 1.807) is 0 Å². The van der Waals surface area contributed by atoms with E-state index in [0.717, 1.165) is 25.0 Å². The monoisotopic (exact) mass is 237 g/mol. The first kappa shape index (κ1) is 13.0. The van der Waals surface area contributed by atoms with E-state index in [1.807, 2.05) is 19.1 Å². The van der Waals surface area contributed by atoms with Gasteiger partial charge in [0.1, 0.15) is 16.8 Å². The van der Waals surface area contributed by atoms with Crippen LogP contribution in [-0.2, 0) is 6.42 Å². The van der Waals surface area contributed by atoms with Gasteiger partial charge in [-0.25, -0.2) is 0 Å². The second kappa shape index (κ2) is 6.48. The third-order valence-corrected chi connectivity index (χ3v) is 2.69. The van der Waals surface area contributed by atoms with E-state index in [9.17, 15) is 0 Å². The molecule has 0 aliphatic rings. The number of ether oxygens (including phenoxy) is 1. The summed E-state index contributed by atoms with van der Waals surface area (Å²) >= 11 is 4.94. The van der Waals surface area contributed by atoms with Crippen LogP contribution in [0.5, 0.6) is 5.75 Å². The lowest BCUT2D eigenvalue weighted by Crippen LogP contribution is -2.31. The maximum absolute atomic E-state index is 5.69. The van der Waals surface area contributed by atoms with E-state index < -0.39 is 0 Å². The molecule has 1 unspecified atom stereocenters. The van der Waals surface area contributed by atoms with Crippen LogP contribution in [0.1, 0.15) is 32.3 Å². The summed E-state index contributed by atoms with van der Waals surface area (Å²) in [6.07, 6.45) is 2.90. The number of thiocarbonyl (C=S) groups is 1. The quantitative estimate of drug-likeness (QED) is 0.772. The molecule has 0 amide bonds. The van der Waals surface area contributed by atoms with Gasteiger partial charge in [0.05, 0.1) is 0 Å². The topological polar surface area (TPSA) is 35.2 Å². The Hall–Kier alpha value is -1.09. The zero-order chi connectivity index (χ0) is 12.0. The normalized spacial score (nSPS) is 12.1. The van der Waals surface area contributed by atoms with Crippen molar-refractivity contribution in [2.75, 3.05) is 0 Å². The van der Waals surface area contributed by atoms with E-state index >= 15 is 0 Å². The molecule has 1 aromatic carbocycles. The van der Waals surface area contributed by atoms with Gasteiger partial charge in [-0.3, -0.25) is 0 Å². The van der Waals surface area contributed by atoms with Gasteiger partial charge in [0.25, 0.3) is 0 Å². The Labute approximate surface area is 103 Å². The van der Waals surface area contributed by atoms with E-state index in [2.05, 4.69) is 19.1 Å². The lowest BCUT2D eigenvalue weighted by molar-refractivity contribution is 0.264. The number of hydrogen-bond acceptors (Lipinski definition) is 2. The van der Waals surface area contributed by atoms with Crippen molar-refractivity contribution >= 4 is 17.2 Å². The summed E-state index contributed by atoms with van der Waals surface area (Å²) in [6.45, 7) is 4.18. The average molecular weight is 237 g/mol. The predicted octanol–water partition coefficient (Wildman–Crippen LogP) is 3.08. The van der Waals surface area contributed by atoms with Gasteiger partial charge in [-0.15, -0.1) is 0 Å². The molecule has 2 N–H and O–H groups in total. The Morgan fingerprint density at radius 1 is 1.31 bits per heavy atom. The molecule has 3 heteroatoms. The van der Waals surface area contributed by atoms with E-state index in [4.69, 9.17) is 22.7 Å². The molecule has 0 aromatic heterocycles. The summed E-state index contributed by atoms with van der Waals surface area (Å²) in [6, 6.07) is 8.13. The highest BCUT2D eigenvalue weighted by atomic mass is 32.1. The Bertz CT molecular complexity index is 334. The molecule has 88 valence electrons. The molecule has 0 heterocycles. The predicted molar refractivity (Wildman–Crippen MR) is 71.9 cm³/mol. The van der Waals surface area contributed by atoms with Crippen LogP contribution in [0.4, 0.5) is 0 Å². The molecule has 1 rings (SSSR count). The Balaban J connectivity index is 2.63. The highest BCUT2D eigenvalue weighted by Gasteiger charge is 2.10. The van der Waals surface area contributed by atoms with Crippen molar-refractivity contribution < 1.29 is 4.74 Å². The van der Waals surface area contributed by atoms with Crippen molar-refractivity contribution in [3.8, 4) is 5.75 Å². The number of benzene rings is 1. The van der Waals surface area contributed by atoms with E-state index in [0.29, 0.717) is 4.99 Å². The van der Waals surface area contributed by atoms with E-state index in [-0.39, 0.29) is 6.10 Å². The largest absolute Gasteiger partial charge is 0.483 e. The van der Waals surface area contributed by atoms with Crippen LogP contribution in [0.25, 0.3) is 0 Å². The Kier molecular flexibility index (Phi) is 5.26. The fourth-order valence-corrected chi connectivity index (χ4v) is 1.75. The molecular weight excluding hydrogens is 218 g/mol. The molecule has 0 saturated heterocycles. The van der Waals surface area contributed by atoms with Gasteiger partial charge < -0.3 is 10.5 Å². The Morgan fingerprint density at radius 2 is 1.94 bits per heavy atom. The summed E-state index contributed by atoms with van der Waals surface area (Å²) < 4.78 is 5.69. The first-order valence-corrected chi connectivity index (χ1v) is 6.13. The third kappa shape index (κ3) is 3.81. The highest BCUT2D eigenvalue weighted by Crippen LogP contribution is 2.16. The van der Waals surface area contributed by atoms with Gasteiger partial charge in [-0.1, -0.05) is 44.6 Å². The second-order valence-corrected chi connectivity index (χ2v) is 4.28. The van der Waals surface area contributed by atoms with Crippen molar-refractivity contribution in [3.63, 3.8) is 0 Å². The van der Waals surface area contributed by atoms with Gasteiger partial charge in [-0.2, -0.15) is 0 Å². The maximum Gasteiger partial charge on any atom is 0.148 e. The van der Waals surface area contributed by atoms with E-state index in [1.165, 1.54) is 5.56 Å². The second-order valence-electron chi connectivity index (χ2n) is 3.81. The molecule has 0 aliphatic heterocycles. The van der Waals surface area contributed by atoms with Crippen molar-refractivity contribution in [2.45, 2.75) is 39.2 Å². The smallest absolute Gasteiger partial charge is 0.148 e. The number of nitrogens with two attached hydrogens (primary N) is 1. The Morgan fingerprint density at radius 3 is 2.38 bits per heavy atom. The molecule has 16 heavy (non-hydrogen) atoms. The molecular formula is C13H19NOS. The summed E-state index contributed by atoms with van der Waals surface area (Å²) in [5.41, 5.74) is 6.91. The number of rotatable bonds is 6. The summed E-state index contributed by atoms with van der Waals surface area (Å²) in [5, 5.41) is 0. The third-order valence-electron chi connectivity index (χ3n) is 2.43. The molecule has 0 saturated carbocycles. The first-order chi connectivity index (χ1) is 7.67. The number of hydrogen-bond donors (Lipinski definition) is 1. The van der Waals surface area contributed by atoms with Crippen molar-refractivity contribution in [2.24, 2.45) is 5.73 Å². The fourth-order valence-electron chi connectivity index (χ4n) is 1.53. The lowest BCUT2D eigenvalue weighted by Gasteiger charge is -2.16. The van der Waals surface area contributed by atoms with Gasteiger partial charge in [-0.05, 0) is 30.5 Å². The van der Waals surface area contributed by atoms with Crippen molar-refractivity contribution in [1.82, 2.24) is 0 Å². The molecule has 0 fully saturated rings. The molecule has 0 aliphatic carbocycles. The first-order valence-electron chi connectivity index (χ1n) is 5.72. The van der Waals surface area contributed by atoms with Gasteiger partial charge in [0, 0.05) is 0 Å². The fraction of sp³-hybridized carbons (Fsp3) is 0.462. The summed E-state index contributed by atoms with van der Waals surface area (Å²) in [4.78, 5) is 0.417. The van der Waals surface area contributed by atoms with Crippen molar-refractivity contribution in [1.29, 1.82) is 0 Å². The van der Waals surface area contributed by atoms with Gasteiger partial charge in [0.2, 0.25) is 0 Å². The zero-order valence-corrected chi connectivity index (χ0v) is 10.7. The number of aryl methyl sites for hydroxylation is 1. The summed E-state index contributed by atoms with van der Waals surface area (Å²) in [5.74, 6) is 0.833. The van der Waals surface area contributed by atoms with Crippen LogP contribution in [0.3, 0.4) is 0 Å². The average Bonchev–Trinajstić information content (AvgIpc) is 2.28. The molecule has 0 bridgehead atoms. The molecule has 1 aromatic rings. The summed E-state index contributed by atoms with van der Waals surface area (Å²) in [7, 11) is 0. The SMILES string of the molecule is CCCc1ccc(OC(CC)C(N)=S)cc1. The minimum atomic E-state index is -0.160. The molecule has 2 nitrogen and oxygen atoms in total. The van der Waals surface area contributed by atoms with Crippen LogP contribution >= 0.6 is 12.2 Å². The minimum absolute atomic E-state index is 0.160. The van der Waals surface area contributed by atoms with Crippen LogP contribution in [0.15, 0.2) is 24.3 Å². The molecule has 1 atom stereocenters. The van der Waals surface area contributed by atoms with Gasteiger partial charge >= 0.3 is 0 Å². The van der Waals surface area contributed by atoms with Crippen LogP contribution in [0.2, 0.25) is 0 Å². The van der Waals surface area contributed by atoms with Gasteiger partial charge in [0.15, 0.2) is 0 Å². The lowest BCUT2D eigenvalue weighted by atomic mass is 10.1. The zero-order valence-electron chi connectivity index (χ0n) is 9.90. The van der Waals surface area contributed by atoms with Crippen LogP contribution in [0, 0.1) is 0 Å².